The van der Waals surface area contributed by atoms with Crippen molar-refractivity contribution >= 4 is 12.0 Å². The highest BCUT2D eigenvalue weighted by molar-refractivity contribution is 5.79. The van der Waals surface area contributed by atoms with E-state index in [9.17, 15) is 14.7 Å². The van der Waals surface area contributed by atoms with E-state index in [-0.39, 0.29) is 12.6 Å². The number of carbonyl (C=O) groups excluding carboxylic acids is 1. The molecule has 5 nitrogen and oxygen atoms in total. The third-order valence-electron chi connectivity index (χ3n) is 2.68. The van der Waals surface area contributed by atoms with Crippen LogP contribution in [-0.2, 0) is 4.79 Å². The minimum absolute atomic E-state index is 0.0367. The zero-order valence-electron chi connectivity index (χ0n) is 10.8. The summed E-state index contributed by atoms with van der Waals surface area (Å²) in [4.78, 5) is 22.7. The van der Waals surface area contributed by atoms with Gasteiger partial charge >= 0.3 is 12.0 Å². The van der Waals surface area contributed by atoms with E-state index in [4.69, 9.17) is 0 Å². The molecular formula is C14H18N2O3. The maximum absolute atomic E-state index is 11.5. The van der Waals surface area contributed by atoms with Crippen LogP contribution in [-0.4, -0.2) is 29.7 Å². The monoisotopic (exact) mass is 262 g/mol. The summed E-state index contributed by atoms with van der Waals surface area (Å²) >= 11 is 0. The molecule has 102 valence electrons. The van der Waals surface area contributed by atoms with Gasteiger partial charge < -0.3 is 15.7 Å². The van der Waals surface area contributed by atoms with Crippen LogP contribution in [0.5, 0.6) is 0 Å². The van der Waals surface area contributed by atoms with Crippen LogP contribution in [0.15, 0.2) is 43.0 Å². The molecule has 3 N–H and O–H groups in total. The van der Waals surface area contributed by atoms with Crippen molar-refractivity contribution in [2.24, 2.45) is 0 Å². The van der Waals surface area contributed by atoms with Gasteiger partial charge in [0.2, 0.25) is 0 Å². The van der Waals surface area contributed by atoms with Crippen molar-refractivity contribution in [2.75, 3.05) is 6.54 Å². The second-order valence-corrected chi connectivity index (χ2v) is 4.18. The third-order valence-corrected chi connectivity index (χ3v) is 2.68. The summed E-state index contributed by atoms with van der Waals surface area (Å²) in [6.07, 6.45) is 1.59. The molecule has 5 heteroatoms. The van der Waals surface area contributed by atoms with Gasteiger partial charge in [-0.3, -0.25) is 4.79 Å². The zero-order chi connectivity index (χ0) is 14.3. The molecule has 19 heavy (non-hydrogen) atoms. The summed E-state index contributed by atoms with van der Waals surface area (Å²) in [5.74, 6) is -1.73. The number of hydrogen-bond donors (Lipinski definition) is 3. The molecule has 0 saturated heterocycles. The lowest BCUT2D eigenvalue weighted by Crippen LogP contribution is -2.42. The maximum Gasteiger partial charge on any atom is 0.315 e. The van der Waals surface area contributed by atoms with Crippen molar-refractivity contribution in [1.82, 2.24) is 10.6 Å². The van der Waals surface area contributed by atoms with Gasteiger partial charge in [0.15, 0.2) is 0 Å². The summed E-state index contributed by atoms with van der Waals surface area (Å²) in [5.41, 5.74) is 0.659. The maximum atomic E-state index is 11.5. The van der Waals surface area contributed by atoms with Gasteiger partial charge in [0.1, 0.15) is 0 Å². The van der Waals surface area contributed by atoms with Crippen molar-refractivity contribution in [2.45, 2.75) is 18.9 Å². The highest BCUT2D eigenvalue weighted by Crippen LogP contribution is 2.14. The number of amides is 2. The summed E-state index contributed by atoms with van der Waals surface area (Å²) in [6, 6.07) is 8.23. The molecule has 0 spiro atoms. The standard InChI is InChI=1S/C14H18N2O3/c1-3-10(2)16-14(19)15-9-12(13(17)18)11-7-5-4-6-8-11/h3-8,10,12H,1,9H2,2H3,(H,17,18)(H2,15,16,19). The quantitative estimate of drug-likeness (QED) is 0.683. The Kier molecular flexibility index (Phi) is 5.60. The summed E-state index contributed by atoms with van der Waals surface area (Å²) in [6.45, 7) is 5.36. The number of carboxylic acids is 1. The van der Waals surface area contributed by atoms with Crippen molar-refractivity contribution in [3.05, 3.63) is 48.6 Å². The normalized spacial score (nSPS) is 13.1. The van der Waals surface area contributed by atoms with Gasteiger partial charge in [0, 0.05) is 12.6 Å². The first-order chi connectivity index (χ1) is 9.04. The lowest BCUT2D eigenvalue weighted by Gasteiger charge is -2.15. The van der Waals surface area contributed by atoms with Gasteiger partial charge in [-0.1, -0.05) is 36.4 Å². The van der Waals surface area contributed by atoms with E-state index in [1.54, 1.807) is 37.3 Å². The Bertz CT molecular complexity index is 445. The second-order valence-electron chi connectivity index (χ2n) is 4.18. The fourth-order valence-corrected chi connectivity index (χ4v) is 1.54. The topological polar surface area (TPSA) is 78.4 Å². The second kappa shape index (κ2) is 7.20. The summed E-state index contributed by atoms with van der Waals surface area (Å²) in [5, 5.41) is 14.3. The molecule has 0 aromatic heterocycles. The van der Waals surface area contributed by atoms with E-state index in [1.165, 1.54) is 0 Å². The first kappa shape index (κ1) is 14.8. The fourth-order valence-electron chi connectivity index (χ4n) is 1.54. The smallest absolute Gasteiger partial charge is 0.315 e. The minimum atomic E-state index is -0.969. The van der Waals surface area contributed by atoms with Crippen molar-refractivity contribution in [1.29, 1.82) is 0 Å². The largest absolute Gasteiger partial charge is 0.481 e. The van der Waals surface area contributed by atoms with Crippen LogP contribution in [0.3, 0.4) is 0 Å². The van der Waals surface area contributed by atoms with E-state index in [0.29, 0.717) is 5.56 Å². The Morgan fingerprint density at radius 1 is 1.37 bits per heavy atom. The van der Waals surface area contributed by atoms with Crippen molar-refractivity contribution in [3.8, 4) is 0 Å². The first-order valence-corrected chi connectivity index (χ1v) is 5.99. The molecule has 0 saturated carbocycles. The summed E-state index contributed by atoms with van der Waals surface area (Å²) in [7, 11) is 0. The van der Waals surface area contributed by atoms with Crippen LogP contribution in [0.1, 0.15) is 18.4 Å². The molecule has 0 aliphatic carbocycles. The van der Waals surface area contributed by atoms with Gasteiger partial charge in [-0.25, -0.2) is 4.79 Å². The van der Waals surface area contributed by atoms with Crippen LogP contribution in [0.2, 0.25) is 0 Å². The molecule has 0 aliphatic rings. The average Bonchev–Trinajstić information content (AvgIpc) is 2.39. The molecule has 0 bridgehead atoms. The van der Waals surface area contributed by atoms with Gasteiger partial charge in [0.25, 0.3) is 0 Å². The molecule has 0 heterocycles. The van der Waals surface area contributed by atoms with E-state index < -0.39 is 17.9 Å². The van der Waals surface area contributed by atoms with Gasteiger partial charge in [-0.05, 0) is 12.5 Å². The number of hydrogen-bond acceptors (Lipinski definition) is 2. The molecule has 0 aliphatic heterocycles. The van der Waals surface area contributed by atoms with Gasteiger partial charge in [-0.15, -0.1) is 6.58 Å². The Hall–Kier alpha value is -2.30. The number of benzene rings is 1. The lowest BCUT2D eigenvalue weighted by atomic mass is 9.99. The number of nitrogens with one attached hydrogen (secondary N) is 2. The molecule has 1 aromatic rings. The van der Waals surface area contributed by atoms with Gasteiger partial charge in [0.05, 0.1) is 5.92 Å². The highest BCUT2D eigenvalue weighted by Gasteiger charge is 2.20. The molecule has 2 amide bonds. The number of urea groups is 1. The van der Waals surface area contributed by atoms with E-state index in [1.807, 2.05) is 6.07 Å². The van der Waals surface area contributed by atoms with E-state index in [0.717, 1.165) is 0 Å². The van der Waals surface area contributed by atoms with Crippen LogP contribution in [0, 0.1) is 0 Å². The Balaban J connectivity index is 2.59. The summed E-state index contributed by atoms with van der Waals surface area (Å²) < 4.78 is 0. The SMILES string of the molecule is C=CC(C)NC(=O)NCC(C(=O)O)c1ccccc1. The third kappa shape index (κ3) is 4.83. The van der Waals surface area contributed by atoms with E-state index >= 15 is 0 Å². The molecule has 1 aromatic carbocycles. The van der Waals surface area contributed by atoms with Crippen molar-refractivity contribution < 1.29 is 14.7 Å². The fraction of sp³-hybridized carbons (Fsp3) is 0.286. The number of rotatable bonds is 6. The number of carbonyl (C=O) groups is 2. The lowest BCUT2D eigenvalue weighted by molar-refractivity contribution is -0.138. The van der Waals surface area contributed by atoms with Crippen molar-refractivity contribution in [3.63, 3.8) is 0 Å². The minimum Gasteiger partial charge on any atom is -0.481 e. The highest BCUT2D eigenvalue weighted by atomic mass is 16.4. The van der Waals surface area contributed by atoms with E-state index in [2.05, 4.69) is 17.2 Å². The Labute approximate surface area is 112 Å². The Morgan fingerprint density at radius 2 is 2.00 bits per heavy atom. The predicted octanol–water partition coefficient (Wildman–Crippen LogP) is 1.73. The molecule has 2 atom stereocenters. The molecule has 0 radical (unpaired) electrons. The average molecular weight is 262 g/mol. The van der Waals surface area contributed by atoms with Crippen LogP contribution >= 0.6 is 0 Å². The van der Waals surface area contributed by atoms with Gasteiger partial charge in [-0.2, -0.15) is 0 Å². The molecule has 2 unspecified atom stereocenters. The van der Waals surface area contributed by atoms with Crippen LogP contribution in [0.4, 0.5) is 4.79 Å². The molecule has 1 rings (SSSR count). The molecular weight excluding hydrogens is 244 g/mol. The first-order valence-electron chi connectivity index (χ1n) is 5.99. The van der Waals surface area contributed by atoms with Crippen LogP contribution < -0.4 is 10.6 Å². The Morgan fingerprint density at radius 3 is 2.53 bits per heavy atom. The number of carboxylic acid groups (broad SMARTS) is 1. The number of aliphatic carboxylic acids is 1. The zero-order valence-corrected chi connectivity index (χ0v) is 10.8. The predicted molar refractivity (Wildman–Crippen MR) is 73.0 cm³/mol. The van der Waals surface area contributed by atoms with Crippen LogP contribution in [0.25, 0.3) is 0 Å². The molecule has 0 fully saturated rings.